The van der Waals surface area contributed by atoms with Crippen LogP contribution in [0.25, 0.3) is 0 Å². The molecule has 29 heavy (non-hydrogen) atoms. The molecule has 1 aromatic carbocycles. The predicted octanol–water partition coefficient (Wildman–Crippen LogP) is 4.14. The van der Waals surface area contributed by atoms with Crippen LogP contribution in [0.15, 0.2) is 42.6 Å². The van der Waals surface area contributed by atoms with E-state index >= 15 is 0 Å². The number of aromatic nitrogens is 1. The minimum Gasteiger partial charge on any atom is -0.477 e. The van der Waals surface area contributed by atoms with Gasteiger partial charge in [0.05, 0.1) is 6.61 Å². The van der Waals surface area contributed by atoms with E-state index < -0.39 is 0 Å². The highest BCUT2D eigenvalue weighted by atomic mass is 19.1. The lowest BCUT2D eigenvalue weighted by atomic mass is 9.89. The second-order valence-corrected chi connectivity index (χ2v) is 8.52. The molecule has 154 valence electrons. The van der Waals surface area contributed by atoms with E-state index in [0.717, 1.165) is 18.5 Å². The van der Waals surface area contributed by atoms with E-state index in [2.05, 4.69) is 23.7 Å². The minimum atomic E-state index is -0.218. The molecule has 0 saturated carbocycles. The molecular weight excluding hydrogens is 369 g/mol. The van der Waals surface area contributed by atoms with E-state index in [1.54, 1.807) is 18.3 Å². The highest BCUT2D eigenvalue weighted by molar-refractivity contribution is 5.96. The fraction of sp³-hybridized carbons (Fsp3) is 0.478. The maximum Gasteiger partial charge on any atom is 0.259 e. The largest absolute Gasteiger partial charge is 0.477 e. The van der Waals surface area contributed by atoms with E-state index in [1.807, 2.05) is 24.0 Å². The van der Waals surface area contributed by atoms with Gasteiger partial charge < -0.3 is 14.5 Å². The van der Waals surface area contributed by atoms with Crippen LogP contribution in [-0.2, 0) is 0 Å². The van der Waals surface area contributed by atoms with Crippen molar-refractivity contribution < 1.29 is 13.9 Å². The van der Waals surface area contributed by atoms with Gasteiger partial charge in [-0.25, -0.2) is 9.37 Å². The topological polar surface area (TPSA) is 45.7 Å². The Morgan fingerprint density at radius 1 is 1.28 bits per heavy atom. The molecule has 0 radical (unpaired) electrons. The summed E-state index contributed by atoms with van der Waals surface area (Å²) in [5.74, 6) is 0.545. The number of hydrogen-bond acceptors (Lipinski definition) is 4. The van der Waals surface area contributed by atoms with Crippen LogP contribution in [0, 0.1) is 11.7 Å². The van der Waals surface area contributed by atoms with Crippen LogP contribution in [0.1, 0.15) is 44.0 Å². The molecule has 5 nitrogen and oxygen atoms in total. The highest BCUT2D eigenvalue weighted by Crippen LogP contribution is 2.44. The molecule has 0 N–H and O–H groups in total. The Balaban J connectivity index is 1.54. The van der Waals surface area contributed by atoms with Gasteiger partial charge in [0.1, 0.15) is 11.4 Å². The molecule has 1 aromatic heterocycles. The number of carbonyl (C=O) groups excluding carboxylic acids is 1. The molecular formula is C23H28FN3O2. The molecule has 0 bridgehead atoms. The lowest BCUT2D eigenvalue weighted by molar-refractivity contribution is 0.0662. The number of halogens is 1. The number of ether oxygens (including phenoxy) is 1. The van der Waals surface area contributed by atoms with Crippen LogP contribution in [0.3, 0.4) is 0 Å². The van der Waals surface area contributed by atoms with Crippen molar-refractivity contribution in [1.82, 2.24) is 9.88 Å². The van der Waals surface area contributed by atoms with Gasteiger partial charge in [0.2, 0.25) is 5.88 Å². The zero-order valence-electron chi connectivity index (χ0n) is 17.3. The summed E-state index contributed by atoms with van der Waals surface area (Å²) in [6, 6.07) is 10.7. The number of amides is 1. The monoisotopic (exact) mass is 397 g/mol. The van der Waals surface area contributed by atoms with E-state index in [0.29, 0.717) is 43.1 Å². The second-order valence-electron chi connectivity index (χ2n) is 8.52. The third-order valence-corrected chi connectivity index (χ3v) is 6.11. The lowest BCUT2D eigenvalue weighted by Crippen LogP contribution is -2.50. The van der Waals surface area contributed by atoms with Crippen LogP contribution in [0.2, 0.25) is 0 Å². The Labute approximate surface area is 171 Å². The van der Waals surface area contributed by atoms with Crippen LogP contribution in [-0.4, -0.2) is 47.1 Å². The van der Waals surface area contributed by atoms with Crippen molar-refractivity contribution in [3.05, 3.63) is 54.0 Å². The third-order valence-electron chi connectivity index (χ3n) is 6.11. The lowest BCUT2D eigenvalue weighted by Gasteiger charge is -2.42. The maximum atomic E-state index is 13.4. The number of rotatable bonds is 4. The second kappa shape index (κ2) is 7.65. The molecule has 2 aliphatic rings. The number of carbonyl (C=O) groups is 1. The molecule has 0 unspecified atom stereocenters. The Morgan fingerprint density at radius 2 is 2.03 bits per heavy atom. The zero-order chi connectivity index (χ0) is 20.6. The molecule has 4 rings (SSSR count). The van der Waals surface area contributed by atoms with Crippen molar-refractivity contribution >= 4 is 11.6 Å². The molecule has 2 aliphatic heterocycles. The Morgan fingerprint density at radius 3 is 2.76 bits per heavy atom. The molecule has 2 atom stereocenters. The average molecular weight is 397 g/mol. The van der Waals surface area contributed by atoms with E-state index in [4.69, 9.17) is 4.74 Å². The quantitative estimate of drug-likeness (QED) is 0.778. The zero-order valence-corrected chi connectivity index (χ0v) is 17.3. The van der Waals surface area contributed by atoms with Crippen molar-refractivity contribution in [1.29, 1.82) is 0 Å². The highest BCUT2D eigenvalue weighted by Gasteiger charge is 2.48. The van der Waals surface area contributed by atoms with Crippen LogP contribution in [0.5, 0.6) is 5.88 Å². The number of likely N-dealkylation sites (tertiary alicyclic amines) is 1. The summed E-state index contributed by atoms with van der Waals surface area (Å²) < 4.78 is 19.0. The SMILES string of the molecule is CCOc1ncccc1C(=O)N1CC[C@H]2[C@@H](C1)CC(C)(C)N2c1ccc(F)cc1. The van der Waals surface area contributed by atoms with Crippen molar-refractivity contribution in [2.45, 2.75) is 45.2 Å². The molecule has 0 aliphatic carbocycles. The molecule has 6 heteroatoms. The summed E-state index contributed by atoms with van der Waals surface area (Å²) in [5, 5.41) is 0. The van der Waals surface area contributed by atoms with Crippen molar-refractivity contribution in [2.24, 2.45) is 5.92 Å². The standard InChI is InChI=1S/C23H28FN3O2/c1-4-29-21-19(6-5-12-25-21)22(28)26-13-11-20-16(15-26)14-23(2,3)27(20)18-9-7-17(24)8-10-18/h5-10,12,16,20H,4,11,13-15H2,1-3H3/t16-,20+/m1/s1. The van der Waals surface area contributed by atoms with Gasteiger partial charge in [0.15, 0.2) is 0 Å². The fourth-order valence-electron chi connectivity index (χ4n) is 5.05. The molecule has 2 saturated heterocycles. The van der Waals surface area contributed by atoms with Crippen molar-refractivity contribution in [2.75, 3.05) is 24.6 Å². The summed E-state index contributed by atoms with van der Waals surface area (Å²) in [6.45, 7) is 8.23. The van der Waals surface area contributed by atoms with Gasteiger partial charge in [-0.1, -0.05) is 0 Å². The third kappa shape index (κ3) is 3.68. The van der Waals surface area contributed by atoms with E-state index in [-0.39, 0.29) is 17.3 Å². The summed E-state index contributed by atoms with van der Waals surface area (Å²) in [7, 11) is 0. The normalized spacial score (nSPS) is 23.0. The van der Waals surface area contributed by atoms with Gasteiger partial charge in [-0.3, -0.25) is 4.79 Å². The maximum absolute atomic E-state index is 13.4. The molecule has 3 heterocycles. The Bertz CT molecular complexity index is 884. The summed E-state index contributed by atoms with van der Waals surface area (Å²) in [6.07, 6.45) is 3.53. The molecule has 2 aromatic rings. The summed E-state index contributed by atoms with van der Waals surface area (Å²) >= 11 is 0. The van der Waals surface area contributed by atoms with Crippen molar-refractivity contribution in [3.63, 3.8) is 0 Å². The van der Waals surface area contributed by atoms with E-state index in [9.17, 15) is 9.18 Å². The summed E-state index contributed by atoms with van der Waals surface area (Å²) in [5.41, 5.74) is 1.53. The van der Waals surface area contributed by atoms with Gasteiger partial charge in [-0.05, 0) is 75.9 Å². The first-order valence-corrected chi connectivity index (χ1v) is 10.3. The Hall–Kier alpha value is -2.63. The van der Waals surface area contributed by atoms with E-state index in [1.165, 1.54) is 12.1 Å². The van der Waals surface area contributed by atoms with Crippen molar-refractivity contribution in [3.8, 4) is 5.88 Å². The first-order chi connectivity index (χ1) is 13.9. The number of piperidine rings is 1. The Kier molecular flexibility index (Phi) is 5.19. The minimum absolute atomic E-state index is 0.0157. The molecule has 2 fully saturated rings. The predicted molar refractivity (Wildman–Crippen MR) is 111 cm³/mol. The number of fused-ring (bicyclic) bond motifs is 1. The van der Waals surface area contributed by atoms with Gasteiger partial charge in [0, 0.05) is 36.6 Å². The van der Waals surface area contributed by atoms with Gasteiger partial charge >= 0.3 is 0 Å². The number of anilines is 1. The fourth-order valence-corrected chi connectivity index (χ4v) is 5.05. The summed E-state index contributed by atoms with van der Waals surface area (Å²) in [4.78, 5) is 21.8. The first kappa shape index (κ1) is 19.7. The number of pyridine rings is 1. The number of nitrogens with zero attached hydrogens (tertiary/aromatic N) is 3. The smallest absolute Gasteiger partial charge is 0.259 e. The van der Waals surface area contributed by atoms with Gasteiger partial charge in [-0.2, -0.15) is 0 Å². The first-order valence-electron chi connectivity index (χ1n) is 10.3. The average Bonchev–Trinajstić information content (AvgIpc) is 2.98. The number of benzene rings is 1. The van der Waals surface area contributed by atoms with Gasteiger partial charge in [0.25, 0.3) is 5.91 Å². The van der Waals surface area contributed by atoms with Gasteiger partial charge in [-0.15, -0.1) is 0 Å². The van der Waals surface area contributed by atoms with Crippen LogP contribution >= 0.6 is 0 Å². The van der Waals surface area contributed by atoms with Crippen LogP contribution < -0.4 is 9.64 Å². The number of hydrogen-bond donors (Lipinski definition) is 0. The molecule has 1 amide bonds. The van der Waals surface area contributed by atoms with Crippen LogP contribution in [0.4, 0.5) is 10.1 Å². The molecule has 0 spiro atoms.